The van der Waals surface area contributed by atoms with Gasteiger partial charge in [0.1, 0.15) is 6.04 Å². The number of carbonyl (C=O) groups excluding carboxylic acids is 3. The van der Waals surface area contributed by atoms with E-state index in [1.807, 2.05) is 42.8 Å². The molecule has 1 fully saturated rings. The quantitative estimate of drug-likeness (QED) is 0.607. The number of ether oxygens (including phenoxy) is 1. The Morgan fingerprint density at radius 3 is 2.69 bits per heavy atom. The van der Waals surface area contributed by atoms with Gasteiger partial charge in [-0.3, -0.25) is 14.5 Å². The number of carbonyl (C=O) groups is 3. The van der Waals surface area contributed by atoms with E-state index in [1.165, 1.54) is 6.92 Å². The topological polar surface area (TPSA) is 68.6 Å². The van der Waals surface area contributed by atoms with Crippen molar-refractivity contribution in [1.82, 2.24) is 9.47 Å². The fourth-order valence-corrected chi connectivity index (χ4v) is 3.94. The number of hydrogen-bond donors (Lipinski definition) is 0. The first-order valence-electron chi connectivity index (χ1n) is 8.34. The number of amides is 2. The summed E-state index contributed by atoms with van der Waals surface area (Å²) in [5.74, 6) is -1.05. The van der Waals surface area contributed by atoms with Crippen molar-refractivity contribution < 1.29 is 19.1 Å². The molecule has 26 heavy (non-hydrogen) atoms. The number of aryl methyl sites for hydroxylation is 1. The number of fused-ring (bicyclic) bond motifs is 1. The molecule has 3 rings (SSSR count). The molecule has 2 aromatic rings. The third-order valence-corrected chi connectivity index (χ3v) is 5.45. The summed E-state index contributed by atoms with van der Waals surface area (Å²) in [6.45, 7) is 5.35. The number of nitrogens with zero attached hydrogens (tertiary/aromatic N) is 2. The second-order valence-corrected chi connectivity index (χ2v) is 7.05. The molecule has 2 heterocycles. The Morgan fingerprint density at radius 1 is 1.31 bits per heavy atom. The third kappa shape index (κ3) is 2.92. The van der Waals surface area contributed by atoms with E-state index in [0.717, 1.165) is 38.8 Å². The van der Waals surface area contributed by atoms with Gasteiger partial charge in [0.15, 0.2) is 0 Å². The van der Waals surface area contributed by atoms with E-state index < -0.39 is 23.2 Å². The fraction of sp³-hybridized carbons (Fsp3) is 0.316. The normalized spacial score (nSPS) is 17.4. The number of hydrogen-bond acceptors (Lipinski definition) is 5. The lowest BCUT2D eigenvalue weighted by molar-refractivity contribution is -0.150. The van der Waals surface area contributed by atoms with Gasteiger partial charge < -0.3 is 9.30 Å². The number of rotatable bonds is 4. The number of aromatic nitrogens is 1. The van der Waals surface area contributed by atoms with Crippen molar-refractivity contribution in [1.29, 1.82) is 0 Å². The van der Waals surface area contributed by atoms with Gasteiger partial charge in [-0.2, -0.15) is 0 Å². The van der Waals surface area contributed by atoms with Crippen LogP contribution in [0, 0.1) is 6.92 Å². The van der Waals surface area contributed by atoms with E-state index in [2.05, 4.69) is 0 Å². The highest BCUT2D eigenvalue weighted by Crippen LogP contribution is 2.36. The van der Waals surface area contributed by atoms with Crippen molar-refractivity contribution in [2.24, 2.45) is 7.05 Å². The lowest BCUT2D eigenvalue weighted by Gasteiger charge is -2.19. The maximum absolute atomic E-state index is 12.7. The summed E-state index contributed by atoms with van der Waals surface area (Å²) in [6.07, 6.45) is 1.74. The van der Waals surface area contributed by atoms with Crippen molar-refractivity contribution in [3.63, 3.8) is 0 Å². The zero-order chi connectivity index (χ0) is 19.0. The molecule has 0 bridgehead atoms. The van der Waals surface area contributed by atoms with E-state index in [0.29, 0.717) is 4.91 Å². The van der Waals surface area contributed by atoms with E-state index >= 15 is 0 Å². The minimum Gasteiger partial charge on any atom is -0.464 e. The largest absolute Gasteiger partial charge is 0.464 e. The monoisotopic (exact) mass is 372 g/mol. The van der Waals surface area contributed by atoms with Gasteiger partial charge in [0.25, 0.3) is 11.1 Å². The molecule has 6 nitrogen and oxygen atoms in total. The zero-order valence-corrected chi connectivity index (χ0v) is 15.9. The molecular weight excluding hydrogens is 352 g/mol. The minimum atomic E-state index is -0.943. The predicted molar refractivity (Wildman–Crippen MR) is 102 cm³/mol. The van der Waals surface area contributed by atoms with E-state index in [-0.39, 0.29) is 6.61 Å². The Balaban J connectivity index is 1.99. The molecule has 1 aromatic heterocycles. The van der Waals surface area contributed by atoms with Crippen LogP contribution in [0.1, 0.15) is 25.1 Å². The number of imide groups is 1. The van der Waals surface area contributed by atoms with Crippen molar-refractivity contribution in [3.05, 3.63) is 40.4 Å². The first-order chi connectivity index (χ1) is 12.4. The van der Waals surface area contributed by atoms with Crippen LogP contribution in [-0.2, 0) is 21.4 Å². The molecule has 136 valence electrons. The molecule has 1 unspecified atom stereocenters. The van der Waals surface area contributed by atoms with Crippen LogP contribution in [0.2, 0.25) is 0 Å². The second-order valence-electron chi connectivity index (χ2n) is 6.05. The van der Waals surface area contributed by atoms with Crippen molar-refractivity contribution in [2.45, 2.75) is 26.8 Å². The van der Waals surface area contributed by atoms with E-state index in [1.54, 1.807) is 13.0 Å². The molecule has 1 aliphatic heterocycles. The van der Waals surface area contributed by atoms with Gasteiger partial charge in [-0.1, -0.05) is 18.2 Å². The highest BCUT2D eigenvalue weighted by Gasteiger charge is 2.41. The lowest BCUT2D eigenvalue weighted by atomic mass is 10.1. The summed E-state index contributed by atoms with van der Waals surface area (Å²) in [6, 6.07) is 6.95. The van der Waals surface area contributed by atoms with Crippen molar-refractivity contribution >= 4 is 45.9 Å². The molecule has 0 saturated carbocycles. The summed E-state index contributed by atoms with van der Waals surface area (Å²) >= 11 is 0.848. The Hall–Kier alpha value is -2.54. The molecule has 0 radical (unpaired) electrons. The SMILES string of the molecule is CCOC(=O)C(C)N1C(=O)SC(=Cc2c(C)n(C)c3ccccc23)C1=O. The molecule has 2 amide bonds. The summed E-state index contributed by atoms with van der Waals surface area (Å²) in [5.41, 5.74) is 2.95. The zero-order valence-electron chi connectivity index (χ0n) is 15.1. The van der Waals surface area contributed by atoms with Gasteiger partial charge in [0.05, 0.1) is 11.5 Å². The standard InChI is InChI=1S/C19H20N2O4S/c1-5-25-18(23)12(3)21-17(22)16(26-19(21)24)10-14-11(2)20(4)15-9-7-6-8-13(14)15/h6-10,12H,5H2,1-4H3. The molecule has 1 aliphatic rings. The predicted octanol–water partition coefficient (Wildman–Crippen LogP) is 3.47. The smallest absolute Gasteiger partial charge is 0.329 e. The van der Waals surface area contributed by atoms with Crippen LogP contribution in [0.5, 0.6) is 0 Å². The molecule has 1 atom stereocenters. The van der Waals surface area contributed by atoms with Gasteiger partial charge in [0.2, 0.25) is 0 Å². The number of benzene rings is 1. The van der Waals surface area contributed by atoms with Crippen LogP contribution in [0.15, 0.2) is 29.2 Å². The number of para-hydroxylation sites is 1. The van der Waals surface area contributed by atoms with Crippen LogP contribution in [0.25, 0.3) is 17.0 Å². The van der Waals surface area contributed by atoms with E-state index in [4.69, 9.17) is 4.74 Å². The molecule has 1 aromatic carbocycles. The van der Waals surface area contributed by atoms with Gasteiger partial charge in [-0.05, 0) is 44.7 Å². The maximum atomic E-state index is 12.7. The lowest BCUT2D eigenvalue weighted by Crippen LogP contribution is -2.42. The molecule has 7 heteroatoms. The summed E-state index contributed by atoms with van der Waals surface area (Å²) < 4.78 is 6.98. The highest BCUT2D eigenvalue weighted by molar-refractivity contribution is 8.18. The van der Waals surface area contributed by atoms with Crippen LogP contribution >= 0.6 is 11.8 Å². The fourth-order valence-electron chi connectivity index (χ4n) is 3.05. The van der Waals surface area contributed by atoms with Gasteiger partial charge in [-0.15, -0.1) is 0 Å². The Morgan fingerprint density at radius 2 is 2.00 bits per heavy atom. The average Bonchev–Trinajstić information content (AvgIpc) is 3.03. The average molecular weight is 372 g/mol. The Labute approximate surface area is 155 Å². The van der Waals surface area contributed by atoms with Gasteiger partial charge in [-0.25, -0.2) is 4.79 Å². The second kappa shape index (κ2) is 6.99. The Kier molecular flexibility index (Phi) is 4.91. The van der Waals surface area contributed by atoms with Gasteiger partial charge in [0, 0.05) is 29.2 Å². The minimum absolute atomic E-state index is 0.199. The first kappa shape index (κ1) is 18.3. The summed E-state index contributed by atoms with van der Waals surface area (Å²) in [4.78, 5) is 38.2. The van der Waals surface area contributed by atoms with Crippen LogP contribution < -0.4 is 0 Å². The summed E-state index contributed by atoms with van der Waals surface area (Å²) in [5, 5.41) is 0.553. The molecule has 1 saturated heterocycles. The maximum Gasteiger partial charge on any atom is 0.329 e. The van der Waals surface area contributed by atoms with Crippen LogP contribution in [0.3, 0.4) is 0 Å². The van der Waals surface area contributed by atoms with Crippen LogP contribution in [-0.4, -0.2) is 39.2 Å². The van der Waals surface area contributed by atoms with Crippen LogP contribution in [0.4, 0.5) is 4.79 Å². The number of thioether (sulfide) groups is 1. The van der Waals surface area contributed by atoms with Gasteiger partial charge >= 0.3 is 5.97 Å². The molecule has 0 spiro atoms. The highest BCUT2D eigenvalue weighted by atomic mass is 32.2. The Bertz CT molecular complexity index is 944. The first-order valence-corrected chi connectivity index (χ1v) is 9.16. The summed E-state index contributed by atoms with van der Waals surface area (Å²) in [7, 11) is 1.96. The van der Waals surface area contributed by atoms with E-state index in [9.17, 15) is 14.4 Å². The van der Waals surface area contributed by atoms with Crippen molar-refractivity contribution in [2.75, 3.05) is 6.61 Å². The molecular formula is C19H20N2O4S. The van der Waals surface area contributed by atoms with Crippen molar-refractivity contribution in [3.8, 4) is 0 Å². The third-order valence-electron chi connectivity index (χ3n) is 4.56. The molecule has 0 aliphatic carbocycles. The number of esters is 1. The molecule has 0 N–H and O–H groups in total.